The topological polar surface area (TPSA) is 144 Å². The summed E-state index contributed by atoms with van der Waals surface area (Å²) in [7, 11) is -7.76. The lowest BCUT2D eigenvalue weighted by Crippen LogP contribution is -2.27. The summed E-state index contributed by atoms with van der Waals surface area (Å²) in [5.74, 6) is -3.06. The van der Waals surface area contributed by atoms with Crippen LogP contribution in [0.4, 0.5) is 4.39 Å². The van der Waals surface area contributed by atoms with Gasteiger partial charge in [-0.25, -0.2) is 35.9 Å². The zero-order valence-corrected chi connectivity index (χ0v) is 12.2. The van der Waals surface area contributed by atoms with E-state index in [2.05, 4.69) is 4.72 Å². The fourth-order valence-corrected chi connectivity index (χ4v) is 3.05. The molecule has 11 heteroatoms. The quantitative estimate of drug-likeness (QED) is 0.570. The number of aromatic carboxylic acids is 1. The van der Waals surface area contributed by atoms with E-state index < -0.39 is 48.0 Å². The minimum Gasteiger partial charge on any atom is -0.478 e. The molecular weight excluding hydrogens is 327 g/mol. The maximum Gasteiger partial charge on any atom is 0.338 e. The van der Waals surface area contributed by atoms with Crippen LogP contribution in [0.3, 0.4) is 0 Å². The van der Waals surface area contributed by atoms with Gasteiger partial charge >= 0.3 is 5.97 Å². The molecule has 0 aliphatic heterocycles. The van der Waals surface area contributed by atoms with Crippen LogP contribution in [0.2, 0.25) is 0 Å². The van der Waals surface area contributed by atoms with Crippen molar-refractivity contribution < 1.29 is 31.1 Å². The molecule has 118 valence electrons. The number of primary sulfonamides is 1. The lowest BCUT2D eigenvalue weighted by Gasteiger charge is -2.07. The third-order valence-electron chi connectivity index (χ3n) is 2.38. The zero-order chi connectivity index (χ0) is 16.3. The minimum atomic E-state index is -4.07. The van der Waals surface area contributed by atoms with Crippen molar-refractivity contribution in [2.75, 3.05) is 12.3 Å². The van der Waals surface area contributed by atoms with E-state index in [1.165, 1.54) is 0 Å². The summed E-state index contributed by atoms with van der Waals surface area (Å²) in [5, 5.41) is 13.5. The third kappa shape index (κ3) is 5.38. The van der Waals surface area contributed by atoms with Crippen molar-refractivity contribution in [1.82, 2.24) is 4.72 Å². The average molecular weight is 340 g/mol. The number of sulfonamides is 2. The van der Waals surface area contributed by atoms with Crippen molar-refractivity contribution in [3.8, 4) is 0 Å². The summed E-state index contributed by atoms with van der Waals surface area (Å²) in [6.07, 6.45) is -0.0505. The van der Waals surface area contributed by atoms with E-state index in [1.807, 2.05) is 0 Å². The van der Waals surface area contributed by atoms with Gasteiger partial charge in [-0.1, -0.05) is 0 Å². The molecule has 21 heavy (non-hydrogen) atoms. The molecule has 4 N–H and O–H groups in total. The second-order valence-corrected chi connectivity index (χ2v) is 7.57. The molecule has 0 atom stereocenters. The Kier molecular flexibility index (Phi) is 5.39. The fourth-order valence-electron chi connectivity index (χ4n) is 1.40. The molecular formula is C10H13FN2O6S2. The molecule has 1 aromatic rings. The monoisotopic (exact) mass is 340 g/mol. The average Bonchev–Trinajstić information content (AvgIpc) is 2.33. The smallest absolute Gasteiger partial charge is 0.338 e. The van der Waals surface area contributed by atoms with Gasteiger partial charge < -0.3 is 5.11 Å². The first kappa shape index (κ1) is 17.5. The largest absolute Gasteiger partial charge is 0.478 e. The van der Waals surface area contributed by atoms with Gasteiger partial charge in [0.15, 0.2) is 0 Å². The molecule has 8 nitrogen and oxygen atoms in total. The van der Waals surface area contributed by atoms with Gasteiger partial charge in [0.25, 0.3) is 0 Å². The third-order valence-corrected chi connectivity index (χ3v) is 4.69. The SMILES string of the molecule is NS(=O)(=O)CCCNS(=O)(=O)c1ccc(F)c(C(=O)O)c1. The number of carboxylic acids is 1. The Morgan fingerprint density at radius 2 is 1.90 bits per heavy atom. The molecule has 0 radical (unpaired) electrons. The number of hydrogen-bond donors (Lipinski definition) is 3. The normalized spacial score (nSPS) is 12.3. The van der Waals surface area contributed by atoms with Crippen LogP contribution in [0, 0.1) is 5.82 Å². The second-order valence-electron chi connectivity index (χ2n) is 4.07. The van der Waals surface area contributed by atoms with Crippen molar-refractivity contribution >= 4 is 26.0 Å². The molecule has 0 aliphatic carbocycles. The van der Waals surface area contributed by atoms with Crippen LogP contribution in [-0.4, -0.2) is 40.2 Å². The summed E-state index contributed by atoms with van der Waals surface area (Å²) >= 11 is 0. The Hall–Kier alpha value is -1.56. The van der Waals surface area contributed by atoms with Crippen LogP contribution >= 0.6 is 0 Å². The number of rotatable bonds is 7. The molecule has 0 aliphatic rings. The van der Waals surface area contributed by atoms with Crippen molar-refractivity contribution in [2.24, 2.45) is 5.14 Å². The van der Waals surface area contributed by atoms with Crippen LogP contribution in [0.25, 0.3) is 0 Å². The van der Waals surface area contributed by atoms with E-state index in [4.69, 9.17) is 10.2 Å². The summed E-state index contributed by atoms with van der Waals surface area (Å²) in [5.41, 5.74) is -0.776. The highest BCUT2D eigenvalue weighted by Crippen LogP contribution is 2.15. The van der Waals surface area contributed by atoms with Gasteiger partial charge in [-0.2, -0.15) is 0 Å². The van der Waals surface area contributed by atoms with Gasteiger partial charge in [0, 0.05) is 6.54 Å². The number of nitrogens with two attached hydrogens (primary N) is 1. The number of hydrogen-bond acceptors (Lipinski definition) is 5. The second kappa shape index (κ2) is 6.47. The molecule has 0 amide bonds. The first-order valence-electron chi connectivity index (χ1n) is 5.56. The van der Waals surface area contributed by atoms with Crippen LogP contribution in [-0.2, 0) is 20.0 Å². The van der Waals surface area contributed by atoms with Gasteiger partial charge in [-0.15, -0.1) is 0 Å². The first-order valence-corrected chi connectivity index (χ1v) is 8.76. The van der Waals surface area contributed by atoms with Gasteiger partial charge in [-0.3, -0.25) is 0 Å². The Morgan fingerprint density at radius 1 is 1.29 bits per heavy atom. The number of benzene rings is 1. The van der Waals surface area contributed by atoms with Crippen molar-refractivity contribution in [3.05, 3.63) is 29.6 Å². The van der Waals surface area contributed by atoms with Gasteiger partial charge in [0.1, 0.15) is 5.82 Å². The van der Waals surface area contributed by atoms with E-state index in [0.717, 1.165) is 12.1 Å². The number of carboxylic acid groups (broad SMARTS) is 1. The number of nitrogens with one attached hydrogen (secondary N) is 1. The maximum atomic E-state index is 13.2. The molecule has 0 heterocycles. The highest BCUT2D eigenvalue weighted by atomic mass is 32.2. The highest BCUT2D eigenvalue weighted by Gasteiger charge is 2.18. The summed E-state index contributed by atoms with van der Waals surface area (Å²) in [6.45, 7) is -0.210. The molecule has 0 fully saturated rings. The summed E-state index contributed by atoms with van der Waals surface area (Å²) < 4.78 is 60.3. The highest BCUT2D eigenvalue weighted by molar-refractivity contribution is 7.89. The summed E-state index contributed by atoms with van der Waals surface area (Å²) in [6, 6.07) is 2.31. The van der Waals surface area contributed by atoms with Crippen molar-refractivity contribution in [1.29, 1.82) is 0 Å². The van der Waals surface area contributed by atoms with Crippen LogP contribution in [0.5, 0.6) is 0 Å². The van der Waals surface area contributed by atoms with Gasteiger partial charge in [-0.05, 0) is 24.6 Å². The molecule has 0 unspecified atom stereocenters. The van der Waals surface area contributed by atoms with Crippen LogP contribution < -0.4 is 9.86 Å². The molecule has 0 aromatic heterocycles. The van der Waals surface area contributed by atoms with Gasteiger partial charge in [0.05, 0.1) is 16.2 Å². The first-order chi connectivity index (χ1) is 9.53. The molecule has 0 bridgehead atoms. The standard InChI is InChI=1S/C10H13FN2O6S2/c11-9-3-2-7(6-8(9)10(14)15)21(18,19)13-4-1-5-20(12,16)17/h2-3,6,13H,1,4-5H2,(H,14,15)(H2,12,16,17). The van der Waals surface area contributed by atoms with E-state index in [1.54, 1.807) is 0 Å². The lowest BCUT2D eigenvalue weighted by atomic mass is 10.2. The van der Waals surface area contributed by atoms with E-state index in [9.17, 15) is 26.0 Å². The fraction of sp³-hybridized carbons (Fsp3) is 0.300. The van der Waals surface area contributed by atoms with Gasteiger partial charge in [0.2, 0.25) is 20.0 Å². The van der Waals surface area contributed by atoms with Crippen LogP contribution in [0.1, 0.15) is 16.8 Å². The van der Waals surface area contributed by atoms with Crippen LogP contribution in [0.15, 0.2) is 23.1 Å². The van der Waals surface area contributed by atoms with Crippen molar-refractivity contribution in [2.45, 2.75) is 11.3 Å². The lowest BCUT2D eigenvalue weighted by molar-refractivity contribution is 0.0691. The Bertz CT molecular complexity index is 745. The maximum absolute atomic E-state index is 13.2. The Labute approximate surface area is 120 Å². The van der Waals surface area contributed by atoms with Crippen molar-refractivity contribution in [3.63, 3.8) is 0 Å². The predicted octanol–water partition coefficient (Wildman–Crippen LogP) is -0.519. The molecule has 0 spiro atoms. The minimum absolute atomic E-state index is 0.0505. The van der Waals surface area contributed by atoms with E-state index >= 15 is 0 Å². The molecule has 1 aromatic carbocycles. The number of carbonyl (C=O) groups is 1. The Morgan fingerprint density at radius 3 is 2.43 bits per heavy atom. The molecule has 0 saturated carbocycles. The zero-order valence-electron chi connectivity index (χ0n) is 10.6. The predicted molar refractivity (Wildman–Crippen MR) is 71.1 cm³/mol. The molecule has 0 saturated heterocycles. The Balaban J connectivity index is 2.84. The van der Waals surface area contributed by atoms with E-state index in [-0.39, 0.29) is 13.0 Å². The summed E-state index contributed by atoms with van der Waals surface area (Å²) in [4.78, 5) is 10.3. The van der Waals surface area contributed by atoms with E-state index in [0.29, 0.717) is 6.07 Å². The molecule has 1 rings (SSSR count). The number of halogens is 1.